The number of carbonyl (C=O) groups is 1. The Morgan fingerprint density at radius 1 is 1.18 bits per heavy atom. The molecule has 2 atom stereocenters. The number of benzene rings is 1. The Morgan fingerprint density at radius 3 is 2.54 bits per heavy atom. The Hall–Kier alpha value is -2.47. The summed E-state index contributed by atoms with van der Waals surface area (Å²) in [6.45, 7) is 8.29. The van der Waals surface area contributed by atoms with Gasteiger partial charge < -0.3 is 4.90 Å². The minimum atomic E-state index is -0.0815. The lowest BCUT2D eigenvalue weighted by Crippen LogP contribution is -2.42. The number of rotatable bonds is 3. The molecule has 1 saturated heterocycles. The maximum Gasteiger partial charge on any atom is 0.264 e. The van der Waals surface area contributed by atoms with E-state index in [1.807, 2.05) is 42.2 Å². The molecular formula is C22H25N3O2S. The van der Waals surface area contributed by atoms with Crippen molar-refractivity contribution in [3.8, 4) is 0 Å². The molecular weight excluding hydrogens is 370 g/mol. The lowest BCUT2D eigenvalue weighted by Gasteiger charge is -2.34. The Bertz CT molecular complexity index is 1060. The molecule has 6 heteroatoms. The summed E-state index contributed by atoms with van der Waals surface area (Å²) >= 11 is 1.34. The predicted molar refractivity (Wildman–Crippen MR) is 113 cm³/mol. The van der Waals surface area contributed by atoms with Crippen LogP contribution in [0.5, 0.6) is 0 Å². The lowest BCUT2D eigenvalue weighted by molar-refractivity contribution is 0.0627. The van der Waals surface area contributed by atoms with Gasteiger partial charge in [0, 0.05) is 13.1 Å². The zero-order valence-electron chi connectivity index (χ0n) is 16.5. The van der Waals surface area contributed by atoms with Crippen LogP contribution in [0, 0.1) is 18.8 Å². The maximum absolute atomic E-state index is 13.2. The highest BCUT2D eigenvalue weighted by Gasteiger charge is 2.29. The van der Waals surface area contributed by atoms with Gasteiger partial charge in [0.15, 0.2) is 0 Å². The van der Waals surface area contributed by atoms with Crippen molar-refractivity contribution in [2.45, 2.75) is 33.7 Å². The molecule has 4 rings (SSSR count). The molecule has 1 aromatic carbocycles. The van der Waals surface area contributed by atoms with Crippen molar-refractivity contribution in [1.82, 2.24) is 14.5 Å². The summed E-state index contributed by atoms with van der Waals surface area (Å²) < 4.78 is 1.62. The van der Waals surface area contributed by atoms with Crippen LogP contribution in [0.1, 0.15) is 41.1 Å². The third-order valence-electron chi connectivity index (χ3n) is 5.46. The molecule has 2 unspecified atom stereocenters. The van der Waals surface area contributed by atoms with Gasteiger partial charge in [0.25, 0.3) is 11.5 Å². The van der Waals surface area contributed by atoms with Crippen molar-refractivity contribution in [2.75, 3.05) is 13.1 Å². The molecule has 2 aromatic heterocycles. The van der Waals surface area contributed by atoms with Crippen LogP contribution in [-0.2, 0) is 6.54 Å². The summed E-state index contributed by atoms with van der Waals surface area (Å²) in [5.74, 6) is 1.04. The molecule has 0 saturated carbocycles. The summed E-state index contributed by atoms with van der Waals surface area (Å²) in [4.78, 5) is 34.0. The lowest BCUT2D eigenvalue weighted by atomic mass is 9.92. The van der Waals surface area contributed by atoms with Crippen LogP contribution in [0.2, 0.25) is 0 Å². The summed E-state index contributed by atoms with van der Waals surface area (Å²) in [5.41, 5.74) is 1.73. The smallest absolute Gasteiger partial charge is 0.264 e. The van der Waals surface area contributed by atoms with Crippen LogP contribution in [-0.4, -0.2) is 33.4 Å². The van der Waals surface area contributed by atoms with E-state index in [2.05, 4.69) is 18.8 Å². The molecule has 3 heterocycles. The van der Waals surface area contributed by atoms with Gasteiger partial charge in [-0.3, -0.25) is 14.2 Å². The van der Waals surface area contributed by atoms with Crippen LogP contribution in [0.15, 0.2) is 41.5 Å². The molecule has 0 aliphatic carbocycles. The number of thiophene rings is 1. The molecule has 1 aliphatic rings. The zero-order chi connectivity index (χ0) is 19.8. The van der Waals surface area contributed by atoms with E-state index < -0.39 is 0 Å². The van der Waals surface area contributed by atoms with Gasteiger partial charge in [0.05, 0.1) is 23.1 Å². The van der Waals surface area contributed by atoms with E-state index in [9.17, 15) is 9.59 Å². The quantitative estimate of drug-likeness (QED) is 0.675. The molecule has 0 bridgehead atoms. The molecule has 146 valence electrons. The number of aryl methyl sites for hydroxylation is 1. The van der Waals surface area contributed by atoms with Gasteiger partial charge in [-0.25, -0.2) is 4.98 Å². The molecule has 0 spiro atoms. The SMILES string of the molecule is Cc1c(C(=O)N2CC(C)CC(C)C2)sc2ncn(Cc3ccccc3)c(=O)c12. The number of hydrogen-bond donors (Lipinski definition) is 0. The summed E-state index contributed by atoms with van der Waals surface area (Å²) in [7, 11) is 0. The molecule has 0 N–H and O–H groups in total. The monoisotopic (exact) mass is 395 g/mol. The molecule has 1 aliphatic heterocycles. The number of nitrogens with zero attached hydrogens (tertiary/aromatic N) is 3. The number of piperidine rings is 1. The van der Waals surface area contributed by atoms with Gasteiger partial charge >= 0.3 is 0 Å². The number of hydrogen-bond acceptors (Lipinski definition) is 4. The number of aromatic nitrogens is 2. The second-order valence-electron chi connectivity index (χ2n) is 8.06. The van der Waals surface area contributed by atoms with Crippen molar-refractivity contribution < 1.29 is 4.79 Å². The van der Waals surface area contributed by atoms with E-state index in [0.29, 0.717) is 33.5 Å². The molecule has 1 amide bonds. The summed E-state index contributed by atoms with van der Waals surface area (Å²) in [6.07, 6.45) is 2.74. The van der Waals surface area contributed by atoms with Crippen LogP contribution >= 0.6 is 11.3 Å². The number of fused-ring (bicyclic) bond motifs is 1. The molecule has 0 radical (unpaired) electrons. The Labute approximate surface area is 168 Å². The molecule has 1 fully saturated rings. The van der Waals surface area contributed by atoms with E-state index in [4.69, 9.17) is 0 Å². The highest BCUT2D eigenvalue weighted by molar-refractivity contribution is 7.20. The van der Waals surface area contributed by atoms with Crippen molar-refractivity contribution in [3.05, 3.63) is 63.0 Å². The largest absolute Gasteiger partial charge is 0.337 e. The van der Waals surface area contributed by atoms with Gasteiger partial charge in [-0.05, 0) is 36.3 Å². The van der Waals surface area contributed by atoms with E-state index in [1.165, 1.54) is 11.3 Å². The molecule has 28 heavy (non-hydrogen) atoms. The highest BCUT2D eigenvalue weighted by atomic mass is 32.1. The standard InChI is InChI=1S/C22H25N3O2S/c1-14-9-15(2)11-24(10-14)22(27)19-16(3)18-20(28-19)23-13-25(21(18)26)12-17-7-5-4-6-8-17/h4-8,13-15H,9-12H2,1-3H3. The third-order valence-corrected chi connectivity index (χ3v) is 6.65. The number of likely N-dealkylation sites (tertiary alicyclic amines) is 1. The van der Waals surface area contributed by atoms with E-state index in [0.717, 1.165) is 30.6 Å². The van der Waals surface area contributed by atoms with Crippen molar-refractivity contribution in [1.29, 1.82) is 0 Å². The first-order chi connectivity index (χ1) is 13.4. The van der Waals surface area contributed by atoms with Crippen LogP contribution < -0.4 is 5.56 Å². The zero-order valence-corrected chi connectivity index (χ0v) is 17.3. The van der Waals surface area contributed by atoms with Gasteiger partial charge in [-0.15, -0.1) is 11.3 Å². The van der Waals surface area contributed by atoms with Crippen LogP contribution in [0.25, 0.3) is 10.2 Å². The highest BCUT2D eigenvalue weighted by Crippen LogP contribution is 2.30. The fourth-order valence-corrected chi connectivity index (χ4v) is 5.34. The summed E-state index contributed by atoms with van der Waals surface area (Å²) in [5, 5.41) is 0.574. The van der Waals surface area contributed by atoms with Crippen molar-refractivity contribution in [2.24, 2.45) is 11.8 Å². The first-order valence-electron chi connectivity index (χ1n) is 9.75. The van der Waals surface area contributed by atoms with Crippen molar-refractivity contribution >= 4 is 27.5 Å². The molecule has 5 nitrogen and oxygen atoms in total. The van der Waals surface area contributed by atoms with E-state index >= 15 is 0 Å². The van der Waals surface area contributed by atoms with Gasteiger partial charge in [-0.1, -0.05) is 44.2 Å². The second kappa shape index (κ2) is 7.51. The Balaban J connectivity index is 1.70. The fourth-order valence-electron chi connectivity index (χ4n) is 4.23. The van der Waals surface area contributed by atoms with Gasteiger partial charge in [-0.2, -0.15) is 0 Å². The topological polar surface area (TPSA) is 55.2 Å². The second-order valence-corrected chi connectivity index (χ2v) is 9.05. The normalized spacial score (nSPS) is 19.9. The van der Waals surface area contributed by atoms with Crippen molar-refractivity contribution in [3.63, 3.8) is 0 Å². The average molecular weight is 396 g/mol. The number of amides is 1. The first-order valence-corrected chi connectivity index (χ1v) is 10.6. The number of carbonyl (C=O) groups excluding carboxylic acids is 1. The Kier molecular flexibility index (Phi) is 5.06. The maximum atomic E-state index is 13.2. The van der Waals surface area contributed by atoms with E-state index in [-0.39, 0.29) is 11.5 Å². The predicted octanol–water partition coefficient (Wildman–Crippen LogP) is 3.93. The third kappa shape index (κ3) is 3.49. The fraction of sp³-hybridized carbons (Fsp3) is 0.409. The minimum absolute atomic E-state index is 0.0351. The summed E-state index contributed by atoms with van der Waals surface area (Å²) in [6, 6.07) is 9.85. The van der Waals surface area contributed by atoms with Gasteiger partial charge in [0.2, 0.25) is 0 Å². The molecule has 3 aromatic rings. The minimum Gasteiger partial charge on any atom is -0.337 e. The van der Waals surface area contributed by atoms with E-state index in [1.54, 1.807) is 10.9 Å². The van der Waals surface area contributed by atoms with Crippen LogP contribution in [0.4, 0.5) is 0 Å². The first kappa shape index (κ1) is 18.9. The Morgan fingerprint density at radius 2 is 1.86 bits per heavy atom. The van der Waals surface area contributed by atoms with Crippen LogP contribution in [0.3, 0.4) is 0 Å². The van der Waals surface area contributed by atoms with Gasteiger partial charge in [0.1, 0.15) is 4.83 Å². The average Bonchev–Trinajstić information content (AvgIpc) is 3.01.